The van der Waals surface area contributed by atoms with Gasteiger partial charge in [-0.15, -0.1) is 0 Å². The van der Waals surface area contributed by atoms with E-state index in [-0.39, 0.29) is 12.1 Å². The lowest BCUT2D eigenvalue weighted by Crippen LogP contribution is -2.60. The first-order valence-electron chi connectivity index (χ1n) is 14.8. The van der Waals surface area contributed by atoms with Crippen molar-refractivity contribution < 1.29 is 29.2 Å². The molecule has 0 aliphatic carbocycles. The van der Waals surface area contributed by atoms with Crippen molar-refractivity contribution in [2.24, 2.45) is 11.3 Å². The number of rotatable bonds is 10. The van der Waals surface area contributed by atoms with Crippen molar-refractivity contribution in [2.75, 3.05) is 0 Å². The zero-order valence-corrected chi connectivity index (χ0v) is 21.3. The second-order valence-corrected chi connectivity index (χ2v) is 9.04. The summed E-state index contributed by atoms with van der Waals surface area (Å²) in [6.45, 7) is 6.53. The molecule has 2 amide bonds. The third-order valence-corrected chi connectivity index (χ3v) is 6.25. The second kappa shape index (κ2) is 11.8. The third-order valence-electron chi connectivity index (χ3n) is 6.25. The normalized spacial score (nSPS) is 19.6. The van der Waals surface area contributed by atoms with Gasteiger partial charge in [0.05, 0.1) is 24.9 Å². The Kier molecular flexibility index (Phi) is 6.53. The number of hydrogen-bond donors (Lipinski definition) is 4. The first-order chi connectivity index (χ1) is 18.9. The highest BCUT2D eigenvalue weighted by molar-refractivity contribution is 6.44. The van der Waals surface area contributed by atoms with Crippen LogP contribution in [-0.4, -0.2) is 50.9 Å². The lowest BCUT2D eigenvalue weighted by Gasteiger charge is -2.39. The molecule has 3 atom stereocenters. The van der Waals surface area contributed by atoms with Gasteiger partial charge in [-0.25, -0.2) is 4.98 Å². The molecule has 1 heterocycles. The van der Waals surface area contributed by atoms with E-state index in [9.17, 15) is 19.6 Å². The SMILES string of the molecule is [2H]C([2H])([2H])C([2H])(C([2H])([2H])C)C(C)(C)[C@]([2H])(NC(=O)[C@H](Cc1cccc(C)c1C)NC(=O)c1cnc(C)c(C)n1)B(O)O. The highest BCUT2D eigenvalue weighted by Gasteiger charge is 2.43. The van der Waals surface area contributed by atoms with E-state index >= 15 is 0 Å². The Hall–Kier alpha value is -2.78. The number of carbonyl (C=O) groups is 2. The monoisotopic (exact) mass is 489 g/mol. The largest absolute Gasteiger partial charge is 0.476 e. The van der Waals surface area contributed by atoms with Gasteiger partial charge in [0, 0.05) is 14.6 Å². The first-order valence-corrected chi connectivity index (χ1v) is 11.3. The summed E-state index contributed by atoms with van der Waals surface area (Å²) in [5.74, 6) is -8.03. The van der Waals surface area contributed by atoms with Gasteiger partial charge in [0.2, 0.25) is 5.91 Å². The fourth-order valence-electron chi connectivity index (χ4n) is 3.56. The van der Waals surface area contributed by atoms with Gasteiger partial charge in [-0.1, -0.05) is 52.2 Å². The molecule has 1 aromatic carbocycles. The zero-order chi connectivity index (χ0) is 32.6. The molecule has 2 aromatic rings. The number of benzene rings is 1. The zero-order valence-electron chi connectivity index (χ0n) is 28.3. The highest BCUT2D eigenvalue weighted by atomic mass is 16.4. The molecule has 9 heteroatoms. The highest BCUT2D eigenvalue weighted by Crippen LogP contribution is 2.33. The maximum Gasteiger partial charge on any atom is 0.476 e. The van der Waals surface area contributed by atoms with Crippen LogP contribution in [0.2, 0.25) is 0 Å². The van der Waals surface area contributed by atoms with Gasteiger partial charge in [0.1, 0.15) is 11.7 Å². The summed E-state index contributed by atoms with van der Waals surface area (Å²) < 4.78 is 58.1. The molecule has 8 nitrogen and oxygen atoms in total. The summed E-state index contributed by atoms with van der Waals surface area (Å²) in [4.78, 5) is 35.3. The van der Waals surface area contributed by atoms with Crippen molar-refractivity contribution in [3.05, 3.63) is 58.2 Å². The van der Waals surface area contributed by atoms with Crippen LogP contribution in [0.25, 0.3) is 0 Å². The Labute approximate surface area is 219 Å². The van der Waals surface area contributed by atoms with E-state index in [1.807, 2.05) is 19.9 Å². The van der Waals surface area contributed by atoms with Crippen LogP contribution < -0.4 is 10.6 Å². The van der Waals surface area contributed by atoms with Crippen LogP contribution >= 0.6 is 0 Å². The summed E-state index contributed by atoms with van der Waals surface area (Å²) in [5, 5.41) is 25.5. The number of nitrogens with zero attached hydrogens (tertiary/aromatic N) is 2. The molecule has 0 spiro atoms. The maximum absolute atomic E-state index is 13.8. The Morgan fingerprint density at radius 1 is 1.20 bits per heavy atom. The molecule has 1 unspecified atom stereocenters. The van der Waals surface area contributed by atoms with Crippen LogP contribution in [0.5, 0.6) is 0 Å². The van der Waals surface area contributed by atoms with E-state index in [0.29, 0.717) is 17.0 Å². The van der Waals surface area contributed by atoms with E-state index in [1.165, 1.54) is 6.20 Å². The van der Waals surface area contributed by atoms with E-state index in [2.05, 4.69) is 20.6 Å². The van der Waals surface area contributed by atoms with Gasteiger partial charge >= 0.3 is 7.12 Å². The van der Waals surface area contributed by atoms with Crippen molar-refractivity contribution in [3.8, 4) is 0 Å². The molecule has 190 valence electrons. The molecule has 1 aromatic heterocycles. The van der Waals surface area contributed by atoms with Gasteiger partial charge in [0.15, 0.2) is 0 Å². The van der Waals surface area contributed by atoms with E-state index in [0.717, 1.165) is 31.9 Å². The van der Waals surface area contributed by atoms with Crippen molar-refractivity contribution in [1.29, 1.82) is 0 Å². The van der Waals surface area contributed by atoms with Crippen LogP contribution in [0.4, 0.5) is 0 Å². The van der Waals surface area contributed by atoms with Crippen molar-refractivity contribution in [1.82, 2.24) is 20.6 Å². The molecule has 0 fully saturated rings. The number of hydrogen-bond acceptors (Lipinski definition) is 6. The van der Waals surface area contributed by atoms with Crippen molar-refractivity contribution in [3.63, 3.8) is 0 Å². The van der Waals surface area contributed by atoms with Crippen molar-refractivity contribution in [2.45, 2.75) is 80.1 Å². The van der Waals surface area contributed by atoms with Gasteiger partial charge in [-0.3, -0.25) is 14.6 Å². The molecule has 2 rings (SSSR count). The minimum absolute atomic E-state index is 0.0942. The summed E-state index contributed by atoms with van der Waals surface area (Å²) in [7, 11) is -2.76. The Balaban J connectivity index is 2.63. The number of carbonyl (C=O) groups excluding carboxylic acids is 2. The number of aryl methyl sites for hydroxylation is 3. The summed E-state index contributed by atoms with van der Waals surface area (Å²) in [6, 6.07) is 3.91. The fourth-order valence-corrected chi connectivity index (χ4v) is 3.56. The molecule has 0 saturated carbocycles. The molecular formula is C26H39BN4O4. The van der Waals surface area contributed by atoms with Gasteiger partial charge < -0.3 is 20.7 Å². The number of aromatic nitrogens is 2. The maximum atomic E-state index is 13.8. The van der Waals surface area contributed by atoms with Gasteiger partial charge in [-0.05, 0) is 55.7 Å². The summed E-state index contributed by atoms with van der Waals surface area (Å²) in [5.41, 5.74) is 0.910. The predicted octanol–water partition coefficient (Wildman–Crippen LogP) is 2.62. The number of amides is 2. The van der Waals surface area contributed by atoms with Crippen molar-refractivity contribution >= 4 is 18.9 Å². The van der Waals surface area contributed by atoms with Crippen LogP contribution in [0.1, 0.15) is 82.2 Å². The first kappa shape index (κ1) is 19.4. The Bertz CT molecular complexity index is 1320. The van der Waals surface area contributed by atoms with Crippen LogP contribution in [0.3, 0.4) is 0 Å². The Morgan fingerprint density at radius 2 is 1.89 bits per heavy atom. The summed E-state index contributed by atoms with van der Waals surface area (Å²) >= 11 is 0. The molecule has 0 bridgehead atoms. The molecule has 0 aliphatic rings. The minimum Gasteiger partial charge on any atom is -0.426 e. The molecular weight excluding hydrogens is 443 g/mol. The molecule has 35 heavy (non-hydrogen) atoms. The van der Waals surface area contributed by atoms with Gasteiger partial charge in [0.25, 0.3) is 5.91 Å². The quantitative estimate of drug-likeness (QED) is 0.381. The lowest BCUT2D eigenvalue weighted by molar-refractivity contribution is -0.124. The third kappa shape index (κ3) is 6.89. The van der Waals surface area contributed by atoms with Crippen LogP contribution in [0.15, 0.2) is 24.4 Å². The second-order valence-electron chi connectivity index (χ2n) is 9.04. The smallest absolute Gasteiger partial charge is 0.426 e. The fraction of sp³-hybridized carbons (Fsp3) is 0.538. The average molecular weight is 489 g/mol. The van der Waals surface area contributed by atoms with E-state index in [4.69, 9.17) is 9.60 Å². The molecule has 0 radical (unpaired) electrons. The average Bonchev–Trinajstić information content (AvgIpc) is 2.85. The predicted molar refractivity (Wildman–Crippen MR) is 138 cm³/mol. The molecule has 4 N–H and O–H groups in total. The Morgan fingerprint density at radius 3 is 2.46 bits per heavy atom. The molecule has 0 saturated heterocycles. The standard InChI is InChI=1S/C26H39BN4O4/c1-9-16(3)26(7,8)25(27(34)35)31-23(32)21(13-20-12-10-11-15(2)17(20)4)30-24(33)22-14-28-18(5)19(6)29-22/h10-12,14,16,21,25,34-35H,9,13H2,1-8H3,(H,30,33)(H,31,32)/t16?,21-,25-/m0/s1/i3D3,9D2,16D,25D. The molecule has 0 aliphatic heterocycles. The number of nitrogens with one attached hydrogen (secondary N) is 2. The van der Waals surface area contributed by atoms with Crippen LogP contribution in [0, 0.1) is 39.0 Å². The van der Waals surface area contributed by atoms with E-state index in [1.54, 1.807) is 26.0 Å². The van der Waals surface area contributed by atoms with E-state index < -0.39 is 55.4 Å². The van der Waals surface area contributed by atoms with Gasteiger partial charge in [-0.2, -0.15) is 0 Å². The van der Waals surface area contributed by atoms with Crippen LogP contribution in [-0.2, 0) is 11.2 Å². The topological polar surface area (TPSA) is 124 Å². The lowest BCUT2D eigenvalue weighted by atomic mass is 9.59. The minimum atomic E-state index is -3.37. The summed E-state index contributed by atoms with van der Waals surface area (Å²) in [6.07, 6.45) is -1.68.